The van der Waals surface area contributed by atoms with E-state index in [-0.39, 0.29) is 21.1 Å². The zero-order valence-corrected chi connectivity index (χ0v) is 22.2. The van der Waals surface area contributed by atoms with Gasteiger partial charge >= 0.3 is 0 Å². The van der Waals surface area contributed by atoms with Crippen LogP contribution in [0.3, 0.4) is 0 Å². The van der Waals surface area contributed by atoms with Crippen LogP contribution >= 0.6 is 0 Å². The topological polar surface area (TPSA) is 36.9 Å². The zero-order chi connectivity index (χ0) is 24.1. The minimum Gasteiger partial charge on any atom is -0.508 e. The van der Waals surface area contributed by atoms with Crippen LogP contribution in [0.1, 0.15) is 0 Å². The zero-order valence-electron chi connectivity index (χ0n) is 19.9. The molecule has 7 aromatic rings. The monoisotopic (exact) mass is 660 g/mol. The predicted octanol–water partition coefficient (Wildman–Crippen LogP) is 7.13. The summed E-state index contributed by atoms with van der Waals surface area (Å²) in [6.07, 6.45) is 3.87. The summed E-state index contributed by atoms with van der Waals surface area (Å²) in [4.78, 5) is 4.60. The molecule has 0 aliphatic carbocycles. The fourth-order valence-corrected chi connectivity index (χ4v) is 4.87. The third-order valence-electron chi connectivity index (χ3n) is 6.48. The molecule has 0 spiro atoms. The molecule has 5 nitrogen and oxygen atoms in total. The summed E-state index contributed by atoms with van der Waals surface area (Å²) in [7, 11) is 2.05. The Morgan fingerprint density at radius 1 is 0.703 bits per heavy atom. The molecule has 0 bridgehead atoms. The van der Waals surface area contributed by atoms with Crippen LogP contribution in [0, 0.1) is 12.1 Å². The van der Waals surface area contributed by atoms with Crippen LogP contribution in [0.15, 0.2) is 110 Å². The average molecular weight is 661 g/mol. The van der Waals surface area contributed by atoms with Crippen LogP contribution in [0.25, 0.3) is 44.3 Å². The van der Waals surface area contributed by atoms with Crippen LogP contribution in [-0.2, 0) is 28.1 Å². The number of imidazole rings is 1. The number of aromatic nitrogens is 4. The molecule has 37 heavy (non-hydrogen) atoms. The third-order valence-corrected chi connectivity index (χ3v) is 6.48. The molecule has 0 radical (unpaired) electrons. The number of rotatable bonds is 4. The van der Waals surface area contributed by atoms with Gasteiger partial charge in [0.1, 0.15) is 5.82 Å². The summed E-state index contributed by atoms with van der Waals surface area (Å²) in [6.45, 7) is 0. The van der Waals surface area contributed by atoms with Crippen molar-refractivity contribution in [2.24, 2.45) is 7.05 Å². The number of hydrogen-bond acceptors (Lipinski definition) is 2. The molecule has 0 atom stereocenters. The number of fused-ring (bicyclic) bond motifs is 4. The average Bonchev–Trinajstić information content (AvgIpc) is 3.44. The Labute approximate surface area is 228 Å². The van der Waals surface area contributed by atoms with Crippen molar-refractivity contribution >= 4 is 32.8 Å². The smallest absolute Gasteiger partial charge is 0.188 e. The first-order chi connectivity index (χ1) is 17.8. The molecule has 7 rings (SSSR count). The van der Waals surface area contributed by atoms with Crippen LogP contribution < -0.4 is 4.74 Å². The van der Waals surface area contributed by atoms with Gasteiger partial charge in [0.05, 0.1) is 0 Å². The van der Waals surface area contributed by atoms with E-state index in [9.17, 15) is 0 Å². The first kappa shape index (κ1) is 23.2. The molecule has 0 aliphatic heterocycles. The van der Waals surface area contributed by atoms with Gasteiger partial charge in [0.2, 0.25) is 0 Å². The van der Waals surface area contributed by atoms with Crippen LogP contribution in [-0.4, -0.2) is 18.7 Å². The molecule has 0 aliphatic rings. The molecule has 4 aromatic carbocycles. The summed E-state index contributed by atoms with van der Waals surface area (Å²) < 4.78 is 12.6. The largest absolute Gasteiger partial charge is 0.508 e. The van der Waals surface area contributed by atoms with Crippen LogP contribution in [0.4, 0.5) is 0 Å². The van der Waals surface area contributed by atoms with E-state index in [0.29, 0.717) is 11.5 Å². The number of hydrogen-bond donors (Lipinski definition) is 0. The molecule has 3 aromatic heterocycles. The summed E-state index contributed by atoms with van der Waals surface area (Å²) in [6, 6.07) is 39.5. The van der Waals surface area contributed by atoms with Crippen LogP contribution in [0.2, 0.25) is 0 Å². The SMILES string of the molecule is Cn1[cH+]n(-c2[c-]c(Oc3[c-]c4c(cc3)c3ccccc3n4-c3ccccn3)ccc2)c2ccccc21.[Pt]. The Balaban J connectivity index is 0.00000252. The van der Waals surface area contributed by atoms with E-state index in [1.165, 1.54) is 0 Å². The van der Waals surface area contributed by atoms with Gasteiger partial charge in [-0.2, -0.15) is 12.1 Å². The van der Waals surface area contributed by atoms with Crippen molar-refractivity contribution in [2.45, 2.75) is 0 Å². The van der Waals surface area contributed by atoms with Crippen molar-refractivity contribution in [3.05, 3.63) is 122 Å². The summed E-state index contributed by atoms with van der Waals surface area (Å²) in [5.74, 6) is 2.10. The van der Waals surface area contributed by atoms with Gasteiger partial charge in [0.15, 0.2) is 17.4 Å². The van der Waals surface area contributed by atoms with Gasteiger partial charge in [-0.15, -0.1) is 29.7 Å². The van der Waals surface area contributed by atoms with Gasteiger partial charge in [-0.1, -0.05) is 35.8 Å². The van der Waals surface area contributed by atoms with E-state index >= 15 is 0 Å². The number of pyridine rings is 1. The second-order valence-corrected chi connectivity index (χ2v) is 8.71. The van der Waals surface area contributed by atoms with Gasteiger partial charge in [-0.3, -0.25) is 0 Å². The fraction of sp³-hybridized carbons (Fsp3) is 0.0323. The van der Waals surface area contributed by atoms with Crippen molar-refractivity contribution < 1.29 is 25.8 Å². The minimum absolute atomic E-state index is 0. The molecule has 3 heterocycles. The molecular weight excluding hydrogens is 639 g/mol. The number of ether oxygens (including phenoxy) is 1. The van der Waals surface area contributed by atoms with Crippen molar-refractivity contribution in [1.82, 2.24) is 18.7 Å². The molecular formula is C31H21N4OPt-. The summed E-state index contributed by atoms with van der Waals surface area (Å²) in [5, 5.41) is 2.26. The second-order valence-electron chi connectivity index (χ2n) is 8.71. The fourth-order valence-electron chi connectivity index (χ4n) is 4.87. The van der Waals surface area contributed by atoms with E-state index in [1.807, 2.05) is 73.9 Å². The van der Waals surface area contributed by atoms with Crippen molar-refractivity contribution in [2.75, 3.05) is 0 Å². The Bertz CT molecular complexity index is 1890. The molecule has 182 valence electrons. The quantitative estimate of drug-likeness (QED) is 0.189. The normalized spacial score (nSPS) is 11.2. The Kier molecular flexibility index (Phi) is 5.86. The third kappa shape index (κ3) is 3.92. The molecule has 6 heteroatoms. The second kappa shape index (κ2) is 9.34. The molecule has 0 saturated carbocycles. The van der Waals surface area contributed by atoms with Gasteiger partial charge in [-0.05, 0) is 35.7 Å². The number of aryl methyl sites for hydroxylation is 1. The molecule has 0 amide bonds. The number of benzene rings is 4. The van der Waals surface area contributed by atoms with Crippen molar-refractivity contribution in [1.29, 1.82) is 0 Å². The standard InChI is InChI=1S/C31H21N4O.Pt/c1-33-21-34(29-14-5-4-13-28(29)33)22-9-8-10-23(19-22)36-24-16-17-26-25-11-2-3-12-27(25)35(30(26)20-24)31-15-6-7-18-32-31;/h2-18,21H,1H3;/q-1;. The Morgan fingerprint density at radius 3 is 2.30 bits per heavy atom. The first-order valence-electron chi connectivity index (χ1n) is 11.8. The van der Waals surface area contributed by atoms with Gasteiger partial charge in [0, 0.05) is 69.1 Å². The maximum absolute atomic E-state index is 6.29. The molecule has 0 fully saturated rings. The van der Waals surface area contributed by atoms with E-state index in [0.717, 1.165) is 44.3 Å². The van der Waals surface area contributed by atoms with Gasteiger partial charge in [-0.25, -0.2) is 14.1 Å². The summed E-state index contributed by atoms with van der Waals surface area (Å²) >= 11 is 0. The van der Waals surface area contributed by atoms with Crippen molar-refractivity contribution in [3.8, 4) is 23.0 Å². The summed E-state index contributed by atoms with van der Waals surface area (Å²) in [5.41, 5.74) is 5.18. The minimum atomic E-state index is 0. The van der Waals surface area contributed by atoms with E-state index < -0.39 is 0 Å². The van der Waals surface area contributed by atoms with E-state index in [2.05, 4.69) is 73.5 Å². The molecule has 0 saturated heterocycles. The Hall–Kier alpha value is -4.21. The Morgan fingerprint density at radius 2 is 1.46 bits per heavy atom. The maximum Gasteiger partial charge on any atom is 0.188 e. The number of nitrogens with zero attached hydrogens (tertiary/aromatic N) is 4. The van der Waals surface area contributed by atoms with Gasteiger partial charge in [0.25, 0.3) is 0 Å². The van der Waals surface area contributed by atoms with Gasteiger partial charge < -0.3 is 9.30 Å². The van der Waals surface area contributed by atoms with Crippen LogP contribution in [0.5, 0.6) is 11.5 Å². The molecule has 0 N–H and O–H groups in total. The maximum atomic E-state index is 6.29. The van der Waals surface area contributed by atoms with Crippen molar-refractivity contribution in [3.63, 3.8) is 0 Å². The van der Waals surface area contributed by atoms with E-state index in [1.54, 1.807) is 0 Å². The first-order valence-corrected chi connectivity index (χ1v) is 11.8. The van der Waals surface area contributed by atoms with E-state index in [4.69, 9.17) is 4.74 Å². The number of para-hydroxylation sites is 3. The predicted molar refractivity (Wildman–Crippen MR) is 143 cm³/mol. The molecule has 0 unspecified atom stereocenters.